The van der Waals surface area contributed by atoms with Crippen LogP contribution >= 0.6 is 0 Å². The average molecular weight is 262 g/mol. The first-order valence-corrected chi connectivity index (χ1v) is 5.63. The van der Waals surface area contributed by atoms with Crippen molar-refractivity contribution in [2.75, 3.05) is 6.61 Å². The number of esters is 3. The van der Waals surface area contributed by atoms with E-state index >= 15 is 0 Å². The molecule has 1 aromatic carbocycles. The fourth-order valence-corrected chi connectivity index (χ4v) is 1.14. The van der Waals surface area contributed by atoms with Crippen molar-refractivity contribution in [1.82, 2.24) is 0 Å². The van der Waals surface area contributed by atoms with E-state index in [1.54, 1.807) is 18.2 Å². The van der Waals surface area contributed by atoms with Gasteiger partial charge in [0.1, 0.15) is 6.61 Å². The Hall–Kier alpha value is -2.43. The molecule has 5 heteroatoms. The lowest BCUT2D eigenvalue weighted by Gasteiger charge is -2.04. The summed E-state index contributed by atoms with van der Waals surface area (Å²) >= 11 is 0. The van der Waals surface area contributed by atoms with Gasteiger partial charge in [0.25, 0.3) is 0 Å². The second kappa shape index (κ2) is 7.10. The monoisotopic (exact) mass is 262 g/mol. The number of rotatable bonds is 5. The van der Waals surface area contributed by atoms with Crippen molar-refractivity contribution in [3.05, 3.63) is 48.0 Å². The first-order valence-electron chi connectivity index (χ1n) is 5.63. The molecule has 0 heterocycles. The largest absolute Gasteiger partial charge is 0.462 e. The Morgan fingerprint density at radius 1 is 1.16 bits per heavy atom. The maximum atomic E-state index is 11.5. The van der Waals surface area contributed by atoms with Crippen molar-refractivity contribution >= 4 is 17.9 Å². The summed E-state index contributed by atoms with van der Waals surface area (Å²) in [5.74, 6) is -2.05. The van der Waals surface area contributed by atoms with Crippen molar-refractivity contribution < 1.29 is 23.9 Å². The molecule has 1 rings (SSSR count). The highest BCUT2D eigenvalue weighted by atomic mass is 16.6. The van der Waals surface area contributed by atoms with Gasteiger partial charge in [-0.3, -0.25) is 4.79 Å². The molecule has 0 aromatic heterocycles. The van der Waals surface area contributed by atoms with Crippen LogP contribution in [0.3, 0.4) is 0 Å². The van der Waals surface area contributed by atoms with Gasteiger partial charge in [0.2, 0.25) is 0 Å². The minimum absolute atomic E-state index is 0.146. The number of ether oxygens (including phenoxy) is 2. The molecule has 0 N–H and O–H groups in total. The van der Waals surface area contributed by atoms with E-state index < -0.39 is 17.9 Å². The highest BCUT2D eigenvalue weighted by molar-refractivity contribution is 5.96. The third kappa shape index (κ3) is 5.16. The van der Waals surface area contributed by atoms with Crippen LogP contribution in [0.25, 0.3) is 0 Å². The molecule has 19 heavy (non-hydrogen) atoms. The van der Waals surface area contributed by atoms with Gasteiger partial charge in [0.15, 0.2) is 0 Å². The van der Waals surface area contributed by atoms with E-state index in [0.717, 1.165) is 0 Å². The van der Waals surface area contributed by atoms with Gasteiger partial charge in [-0.05, 0) is 19.1 Å². The molecule has 1 aromatic rings. The van der Waals surface area contributed by atoms with Crippen LogP contribution in [-0.4, -0.2) is 24.5 Å². The minimum Gasteiger partial charge on any atom is -0.462 e. The van der Waals surface area contributed by atoms with Gasteiger partial charge >= 0.3 is 17.9 Å². The quantitative estimate of drug-likeness (QED) is 0.460. The minimum atomic E-state index is -0.747. The topological polar surface area (TPSA) is 69.7 Å². The van der Waals surface area contributed by atoms with E-state index in [2.05, 4.69) is 11.3 Å². The Kier molecular flexibility index (Phi) is 5.47. The van der Waals surface area contributed by atoms with Gasteiger partial charge < -0.3 is 9.47 Å². The van der Waals surface area contributed by atoms with Gasteiger partial charge in [-0.15, -0.1) is 0 Å². The number of carbonyl (C=O) groups excluding carboxylic acids is 3. The van der Waals surface area contributed by atoms with Gasteiger partial charge in [0.05, 0.1) is 12.0 Å². The lowest BCUT2D eigenvalue weighted by molar-refractivity contribution is -0.143. The fraction of sp³-hybridized carbons (Fsp3) is 0.214. The number of carbonyl (C=O) groups is 3. The maximum absolute atomic E-state index is 11.5. The van der Waals surface area contributed by atoms with E-state index in [0.29, 0.717) is 0 Å². The fourth-order valence-electron chi connectivity index (χ4n) is 1.14. The number of hydrogen-bond acceptors (Lipinski definition) is 5. The van der Waals surface area contributed by atoms with E-state index in [-0.39, 0.29) is 24.2 Å². The highest BCUT2D eigenvalue weighted by Crippen LogP contribution is 2.02. The lowest BCUT2D eigenvalue weighted by Crippen LogP contribution is -2.16. The third-order valence-electron chi connectivity index (χ3n) is 2.10. The summed E-state index contributed by atoms with van der Waals surface area (Å²) in [7, 11) is 0. The van der Waals surface area contributed by atoms with E-state index in [4.69, 9.17) is 4.74 Å². The summed E-state index contributed by atoms with van der Waals surface area (Å²) in [6.45, 7) is 4.75. The van der Waals surface area contributed by atoms with E-state index in [1.807, 2.05) is 0 Å². The predicted octanol–water partition coefficient (Wildman–Crippen LogP) is 1.88. The van der Waals surface area contributed by atoms with Crippen molar-refractivity contribution in [2.24, 2.45) is 0 Å². The van der Waals surface area contributed by atoms with Crippen molar-refractivity contribution in [3.63, 3.8) is 0 Å². The third-order valence-corrected chi connectivity index (χ3v) is 2.10. The Labute approximate surface area is 110 Å². The van der Waals surface area contributed by atoms with Gasteiger partial charge in [-0.1, -0.05) is 24.8 Å². The Balaban J connectivity index is 2.34. The van der Waals surface area contributed by atoms with Gasteiger partial charge in [-0.2, -0.15) is 0 Å². The molecule has 100 valence electrons. The zero-order chi connectivity index (χ0) is 14.3. The summed E-state index contributed by atoms with van der Waals surface area (Å²) in [6, 6.07) is 8.15. The summed E-state index contributed by atoms with van der Waals surface area (Å²) < 4.78 is 9.30. The van der Waals surface area contributed by atoms with Crippen LogP contribution in [0.4, 0.5) is 0 Å². The molecule has 0 aliphatic heterocycles. The zero-order valence-electron chi connectivity index (χ0n) is 10.5. The highest BCUT2D eigenvalue weighted by Gasteiger charge is 2.13. The van der Waals surface area contributed by atoms with Crippen LogP contribution in [0.5, 0.6) is 0 Å². The molecule has 0 saturated heterocycles. The molecule has 0 atom stereocenters. The predicted molar refractivity (Wildman–Crippen MR) is 67.3 cm³/mol. The van der Waals surface area contributed by atoms with Crippen LogP contribution in [0, 0.1) is 0 Å². The van der Waals surface area contributed by atoms with Crippen molar-refractivity contribution in [3.8, 4) is 0 Å². The van der Waals surface area contributed by atoms with E-state index in [9.17, 15) is 14.4 Å². The Bertz CT molecular complexity index is 490. The average Bonchev–Trinajstić information content (AvgIpc) is 2.39. The molecular weight excluding hydrogens is 248 g/mol. The number of benzene rings is 1. The molecule has 0 fully saturated rings. The van der Waals surface area contributed by atoms with Crippen LogP contribution in [0.1, 0.15) is 23.7 Å². The molecule has 0 aliphatic rings. The van der Waals surface area contributed by atoms with E-state index in [1.165, 1.54) is 19.1 Å². The molecule has 0 spiro atoms. The normalized spacial score (nSPS) is 9.53. The SMILES string of the molecule is C=C(C)C(=O)OCCC(=O)OC(=O)c1ccccc1. The molecule has 0 aliphatic carbocycles. The zero-order valence-corrected chi connectivity index (χ0v) is 10.5. The van der Waals surface area contributed by atoms with Gasteiger partial charge in [0, 0.05) is 5.57 Å². The number of hydrogen-bond donors (Lipinski definition) is 0. The standard InChI is InChI=1S/C14H14O5/c1-10(2)13(16)18-9-8-12(15)19-14(17)11-6-4-3-5-7-11/h3-7H,1,8-9H2,2H3. The molecule has 0 radical (unpaired) electrons. The molecule has 0 bridgehead atoms. The van der Waals surface area contributed by atoms with Crippen LogP contribution in [0.15, 0.2) is 42.5 Å². The summed E-state index contributed by atoms with van der Waals surface area (Å²) in [5.41, 5.74) is 0.531. The summed E-state index contributed by atoms with van der Waals surface area (Å²) in [5, 5.41) is 0. The maximum Gasteiger partial charge on any atom is 0.345 e. The summed E-state index contributed by atoms with van der Waals surface area (Å²) in [6.07, 6.45) is -0.183. The first kappa shape index (κ1) is 14.6. The molecule has 0 unspecified atom stereocenters. The second-order valence-corrected chi connectivity index (χ2v) is 3.79. The molecular formula is C14H14O5. The summed E-state index contributed by atoms with van der Waals surface area (Å²) in [4.78, 5) is 33.8. The Morgan fingerprint density at radius 2 is 1.79 bits per heavy atom. The van der Waals surface area contributed by atoms with Crippen molar-refractivity contribution in [1.29, 1.82) is 0 Å². The van der Waals surface area contributed by atoms with Crippen LogP contribution in [0.2, 0.25) is 0 Å². The Morgan fingerprint density at radius 3 is 2.37 bits per heavy atom. The molecule has 5 nitrogen and oxygen atoms in total. The molecule has 0 saturated carbocycles. The van der Waals surface area contributed by atoms with Crippen LogP contribution < -0.4 is 0 Å². The first-order chi connectivity index (χ1) is 9.00. The lowest BCUT2D eigenvalue weighted by atomic mass is 10.2. The molecule has 0 amide bonds. The van der Waals surface area contributed by atoms with Gasteiger partial charge in [-0.25, -0.2) is 9.59 Å². The van der Waals surface area contributed by atoms with Crippen molar-refractivity contribution in [2.45, 2.75) is 13.3 Å². The smallest absolute Gasteiger partial charge is 0.345 e. The second-order valence-electron chi connectivity index (χ2n) is 3.79. The van der Waals surface area contributed by atoms with Crippen LogP contribution in [-0.2, 0) is 19.1 Å².